The van der Waals surface area contributed by atoms with Crippen LogP contribution in [0.1, 0.15) is 23.7 Å². The maximum absolute atomic E-state index is 11.6. The number of pyridine rings is 1. The predicted molar refractivity (Wildman–Crippen MR) is 138 cm³/mol. The van der Waals surface area contributed by atoms with Crippen molar-refractivity contribution in [2.75, 3.05) is 19.6 Å². The fraction of sp³-hybridized carbons (Fsp3) is 0.280. The molecule has 1 atom stereocenters. The number of guanidine groups is 1. The fourth-order valence-corrected chi connectivity index (χ4v) is 3.34. The molecule has 3 rings (SSSR count). The lowest BCUT2D eigenvalue weighted by atomic mass is 9.87. The van der Waals surface area contributed by atoms with E-state index in [2.05, 4.69) is 15.6 Å². The first-order valence-electron chi connectivity index (χ1n) is 10.4. The third kappa shape index (κ3) is 7.95. The number of halogens is 1. The number of hydrogen-bond acceptors (Lipinski definition) is 3. The van der Waals surface area contributed by atoms with E-state index >= 15 is 0 Å². The smallest absolute Gasteiger partial charge is 0.191 e. The van der Waals surface area contributed by atoms with Gasteiger partial charge in [0, 0.05) is 37.8 Å². The number of rotatable bonds is 9. The Hall–Kier alpha value is -2.45. The Morgan fingerprint density at radius 2 is 1.61 bits per heavy atom. The topological polar surface area (TPSA) is 69.5 Å². The molecule has 0 aliphatic carbocycles. The van der Waals surface area contributed by atoms with Crippen molar-refractivity contribution in [1.82, 2.24) is 15.6 Å². The quantitative estimate of drug-likeness (QED) is 0.223. The summed E-state index contributed by atoms with van der Waals surface area (Å²) < 4.78 is 0. The standard InChI is InChI=1S/C25H30N4O.HI/c1-2-26-24(28-18-16-23-15-9-10-17-27-23)29-20-25(30,22-13-7-4-8-14-22)19-21-11-5-3-6-12-21;/h3-15,17,30H,2,16,18-20H2,1H3,(H2,26,28,29);1H. The minimum absolute atomic E-state index is 0. The third-order valence-electron chi connectivity index (χ3n) is 4.89. The molecular formula is C25H31IN4O. The molecule has 164 valence electrons. The van der Waals surface area contributed by atoms with E-state index in [1.165, 1.54) is 0 Å². The van der Waals surface area contributed by atoms with Gasteiger partial charge in [-0.3, -0.25) is 4.98 Å². The van der Waals surface area contributed by atoms with Gasteiger partial charge in [-0.2, -0.15) is 0 Å². The molecule has 0 saturated carbocycles. The molecule has 0 fully saturated rings. The van der Waals surface area contributed by atoms with E-state index in [0.717, 1.165) is 29.8 Å². The predicted octanol–water partition coefficient (Wildman–Crippen LogP) is 3.93. The average Bonchev–Trinajstić information content (AvgIpc) is 2.79. The van der Waals surface area contributed by atoms with Crippen LogP contribution in [0.3, 0.4) is 0 Å². The Morgan fingerprint density at radius 3 is 2.26 bits per heavy atom. The van der Waals surface area contributed by atoms with E-state index in [9.17, 15) is 5.11 Å². The fourth-order valence-electron chi connectivity index (χ4n) is 3.34. The molecule has 5 nitrogen and oxygen atoms in total. The molecule has 6 heteroatoms. The molecule has 3 aromatic rings. The minimum atomic E-state index is -1.09. The van der Waals surface area contributed by atoms with E-state index in [1.807, 2.05) is 85.8 Å². The lowest BCUT2D eigenvalue weighted by Crippen LogP contribution is -2.40. The highest BCUT2D eigenvalue weighted by Crippen LogP contribution is 2.26. The summed E-state index contributed by atoms with van der Waals surface area (Å²) in [7, 11) is 0. The molecule has 0 aliphatic heterocycles. The van der Waals surface area contributed by atoms with Crippen LogP contribution in [0, 0.1) is 0 Å². The molecule has 1 aromatic heterocycles. The number of aliphatic imine (C=N–C) groups is 1. The second-order valence-corrected chi connectivity index (χ2v) is 7.25. The summed E-state index contributed by atoms with van der Waals surface area (Å²) in [5.74, 6) is 0.691. The Balaban J connectivity index is 0.00000341. The van der Waals surface area contributed by atoms with Gasteiger partial charge in [0.2, 0.25) is 0 Å². The highest BCUT2D eigenvalue weighted by molar-refractivity contribution is 14.0. The van der Waals surface area contributed by atoms with Crippen molar-refractivity contribution >= 4 is 29.9 Å². The molecule has 2 aromatic carbocycles. The average molecular weight is 530 g/mol. The van der Waals surface area contributed by atoms with E-state index < -0.39 is 5.60 Å². The maximum Gasteiger partial charge on any atom is 0.191 e. The number of benzene rings is 2. The van der Waals surface area contributed by atoms with E-state index in [-0.39, 0.29) is 30.5 Å². The van der Waals surface area contributed by atoms with Crippen molar-refractivity contribution in [2.24, 2.45) is 4.99 Å². The van der Waals surface area contributed by atoms with Crippen LogP contribution in [0.15, 0.2) is 90.1 Å². The zero-order valence-corrected chi connectivity index (χ0v) is 20.2. The van der Waals surface area contributed by atoms with Crippen LogP contribution in [-0.2, 0) is 18.4 Å². The highest BCUT2D eigenvalue weighted by Gasteiger charge is 2.29. The molecule has 0 spiro atoms. The lowest BCUT2D eigenvalue weighted by Gasteiger charge is -2.28. The van der Waals surface area contributed by atoms with Crippen molar-refractivity contribution < 1.29 is 5.11 Å². The number of nitrogens with one attached hydrogen (secondary N) is 2. The molecular weight excluding hydrogens is 499 g/mol. The highest BCUT2D eigenvalue weighted by atomic mass is 127. The van der Waals surface area contributed by atoms with Gasteiger partial charge in [-0.05, 0) is 30.2 Å². The molecule has 0 amide bonds. The van der Waals surface area contributed by atoms with Crippen LogP contribution in [0.25, 0.3) is 0 Å². The summed E-state index contributed by atoms with van der Waals surface area (Å²) in [6, 6.07) is 25.7. The van der Waals surface area contributed by atoms with Crippen LogP contribution in [0.4, 0.5) is 0 Å². The second kappa shape index (κ2) is 13.1. The summed E-state index contributed by atoms with van der Waals surface area (Å²) in [6.07, 6.45) is 3.10. The van der Waals surface area contributed by atoms with Gasteiger partial charge in [0.05, 0.1) is 6.54 Å². The molecule has 1 heterocycles. The molecule has 1 unspecified atom stereocenters. The van der Waals surface area contributed by atoms with Crippen molar-refractivity contribution in [3.63, 3.8) is 0 Å². The SMILES string of the molecule is CCNC(=NCC(O)(Cc1ccccc1)c1ccccc1)NCCc1ccccn1.I. The van der Waals surface area contributed by atoms with Crippen LogP contribution in [0.2, 0.25) is 0 Å². The van der Waals surface area contributed by atoms with Crippen LogP contribution < -0.4 is 10.6 Å². The number of aliphatic hydroxyl groups is 1. The molecule has 0 saturated heterocycles. The number of nitrogens with zero attached hydrogens (tertiary/aromatic N) is 2. The van der Waals surface area contributed by atoms with E-state index in [4.69, 9.17) is 4.99 Å². The minimum Gasteiger partial charge on any atom is -0.383 e. The molecule has 0 radical (unpaired) electrons. The van der Waals surface area contributed by atoms with E-state index in [0.29, 0.717) is 18.9 Å². The van der Waals surface area contributed by atoms with Crippen molar-refractivity contribution in [1.29, 1.82) is 0 Å². The normalized spacial score (nSPS) is 13.0. The Labute approximate surface area is 202 Å². The van der Waals surface area contributed by atoms with Gasteiger partial charge in [-0.1, -0.05) is 66.7 Å². The summed E-state index contributed by atoms with van der Waals surface area (Å²) in [6.45, 7) is 3.75. The first-order valence-corrected chi connectivity index (χ1v) is 10.4. The van der Waals surface area contributed by atoms with Gasteiger partial charge in [0.25, 0.3) is 0 Å². The second-order valence-electron chi connectivity index (χ2n) is 7.25. The van der Waals surface area contributed by atoms with Crippen LogP contribution in [0.5, 0.6) is 0 Å². The third-order valence-corrected chi connectivity index (χ3v) is 4.89. The van der Waals surface area contributed by atoms with Crippen LogP contribution >= 0.6 is 24.0 Å². The molecule has 0 aliphatic rings. The lowest BCUT2D eigenvalue weighted by molar-refractivity contribution is 0.0467. The summed E-state index contributed by atoms with van der Waals surface area (Å²) in [4.78, 5) is 9.07. The van der Waals surface area contributed by atoms with E-state index in [1.54, 1.807) is 6.20 Å². The van der Waals surface area contributed by atoms with Gasteiger partial charge in [0.15, 0.2) is 5.96 Å². The zero-order valence-electron chi connectivity index (χ0n) is 17.9. The van der Waals surface area contributed by atoms with Gasteiger partial charge in [-0.25, -0.2) is 4.99 Å². The zero-order chi connectivity index (χ0) is 21.1. The van der Waals surface area contributed by atoms with Crippen molar-refractivity contribution in [3.05, 3.63) is 102 Å². The Morgan fingerprint density at radius 1 is 0.935 bits per heavy atom. The first kappa shape index (κ1) is 24.8. The molecule has 3 N–H and O–H groups in total. The van der Waals surface area contributed by atoms with Crippen molar-refractivity contribution in [3.8, 4) is 0 Å². The van der Waals surface area contributed by atoms with Gasteiger partial charge in [0.1, 0.15) is 5.60 Å². The maximum atomic E-state index is 11.6. The Bertz CT molecular complexity index is 907. The first-order chi connectivity index (χ1) is 14.7. The number of hydrogen-bond donors (Lipinski definition) is 3. The largest absolute Gasteiger partial charge is 0.383 e. The Kier molecular flexibility index (Phi) is 10.5. The van der Waals surface area contributed by atoms with Gasteiger partial charge >= 0.3 is 0 Å². The summed E-state index contributed by atoms with van der Waals surface area (Å²) >= 11 is 0. The summed E-state index contributed by atoms with van der Waals surface area (Å²) in [5, 5.41) is 18.2. The molecule has 0 bridgehead atoms. The van der Waals surface area contributed by atoms with Crippen LogP contribution in [-0.4, -0.2) is 35.7 Å². The summed E-state index contributed by atoms with van der Waals surface area (Å²) in [5.41, 5.74) is 1.88. The van der Waals surface area contributed by atoms with Gasteiger partial charge in [-0.15, -0.1) is 24.0 Å². The monoisotopic (exact) mass is 530 g/mol. The van der Waals surface area contributed by atoms with Gasteiger partial charge < -0.3 is 15.7 Å². The number of aromatic nitrogens is 1. The molecule has 31 heavy (non-hydrogen) atoms. The van der Waals surface area contributed by atoms with Crippen molar-refractivity contribution in [2.45, 2.75) is 25.4 Å².